The van der Waals surface area contributed by atoms with Crippen LogP contribution in [-0.4, -0.2) is 25.1 Å². The van der Waals surface area contributed by atoms with E-state index in [0.29, 0.717) is 11.5 Å². The minimum absolute atomic E-state index is 0.000184. The van der Waals surface area contributed by atoms with Crippen LogP contribution in [0.2, 0.25) is 0 Å². The second-order valence-corrected chi connectivity index (χ2v) is 4.54. The van der Waals surface area contributed by atoms with E-state index in [1.807, 2.05) is 30.3 Å². The summed E-state index contributed by atoms with van der Waals surface area (Å²) >= 11 is 0. The average Bonchev–Trinajstić information content (AvgIpc) is 3.04. The maximum Gasteiger partial charge on any atom is 0.292 e. The summed E-state index contributed by atoms with van der Waals surface area (Å²) in [4.78, 5) is 10.5. The molecule has 0 aliphatic carbocycles. The lowest BCUT2D eigenvalue weighted by Gasteiger charge is -2.02. The molecule has 0 aliphatic rings. The van der Waals surface area contributed by atoms with Gasteiger partial charge in [0.05, 0.1) is 10.6 Å². The van der Waals surface area contributed by atoms with Crippen molar-refractivity contribution in [2.24, 2.45) is 0 Å². The molecule has 0 amide bonds. The van der Waals surface area contributed by atoms with Crippen LogP contribution in [0.5, 0.6) is 0 Å². The summed E-state index contributed by atoms with van der Waals surface area (Å²) in [6, 6.07) is 15.8. The van der Waals surface area contributed by atoms with Crippen LogP contribution in [0.25, 0.3) is 11.8 Å². The van der Waals surface area contributed by atoms with Gasteiger partial charge in [-0.1, -0.05) is 30.3 Å². The first kappa shape index (κ1) is 14.4. The molecular formula is C15H12N6O2. The van der Waals surface area contributed by atoms with E-state index in [-0.39, 0.29) is 5.69 Å². The van der Waals surface area contributed by atoms with E-state index in [0.717, 1.165) is 5.69 Å². The van der Waals surface area contributed by atoms with E-state index in [4.69, 9.17) is 0 Å². The molecule has 0 radical (unpaired) electrons. The van der Waals surface area contributed by atoms with Crippen LogP contribution in [0.1, 0.15) is 5.82 Å². The van der Waals surface area contributed by atoms with Crippen molar-refractivity contribution >= 4 is 17.5 Å². The van der Waals surface area contributed by atoms with Gasteiger partial charge in [0.1, 0.15) is 5.69 Å². The third kappa shape index (κ3) is 3.21. The van der Waals surface area contributed by atoms with E-state index in [1.54, 1.807) is 35.2 Å². The van der Waals surface area contributed by atoms with Crippen LogP contribution in [0.3, 0.4) is 0 Å². The summed E-state index contributed by atoms with van der Waals surface area (Å²) in [5.41, 5.74) is 1.22. The first-order valence-corrected chi connectivity index (χ1v) is 6.76. The van der Waals surface area contributed by atoms with Crippen LogP contribution in [0.4, 0.5) is 11.4 Å². The number of nitrogens with zero attached hydrogens (tertiary/aromatic N) is 5. The van der Waals surface area contributed by atoms with Crippen LogP contribution < -0.4 is 5.32 Å². The quantitative estimate of drug-likeness (QED) is 0.574. The SMILES string of the molecule is O=[N+]([O-])c1ccccc1NC=Cc1nnnn1-c1ccccc1. The van der Waals surface area contributed by atoms with Gasteiger partial charge in [0.15, 0.2) is 5.82 Å². The van der Waals surface area contributed by atoms with Gasteiger partial charge in [-0.15, -0.1) is 5.10 Å². The fourth-order valence-corrected chi connectivity index (χ4v) is 2.01. The van der Waals surface area contributed by atoms with Crippen molar-refractivity contribution in [2.45, 2.75) is 0 Å². The molecule has 0 bridgehead atoms. The lowest BCUT2D eigenvalue weighted by molar-refractivity contribution is -0.383. The molecule has 0 aliphatic heterocycles. The number of aromatic nitrogens is 4. The minimum Gasteiger partial charge on any atom is -0.356 e. The number of anilines is 1. The van der Waals surface area contributed by atoms with E-state index in [2.05, 4.69) is 20.8 Å². The summed E-state index contributed by atoms with van der Waals surface area (Å²) < 4.78 is 1.57. The number of nitrogens with one attached hydrogen (secondary N) is 1. The molecule has 23 heavy (non-hydrogen) atoms. The highest BCUT2D eigenvalue weighted by atomic mass is 16.6. The Morgan fingerprint density at radius 1 is 1.09 bits per heavy atom. The van der Waals surface area contributed by atoms with Gasteiger partial charge in [0.2, 0.25) is 0 Å². The Bertz CT molecular complexity index is 844. The van der Waals surface area contributed by atoms with Crippen LogP contribution in [0, 0.1) is 10.1 Å². The Labute approximate surface area is 131 Å². The third-order valence-electron chi connectivity index (χ3n) is 3.07. The first-order chi connectivity index (χ1) is 11.3. The monoisotopic (exact) mass is 308 g/mol. The van der Waals surface area contributed by atoms with Gasteiger partial charge in [0, 0.05) is 18.3 Å². The Hall–Kier alpha value is -3.55. The summed E-state index contributed by atoms with van der Waals surface area (Å²) in [7, 11) is 0. The summed E-state index contributed by atoms with van der Waals surface area (Å²) in [6.07, 6.45) is 3.21. The van der Waals surface area contributed by atoms with Gasteiger partial charge < -0.3 is 5.32 Å². The van der Waals surface area contributed by atoms with E-state index in [1.165, 1.54) is 6.07 Å². The van der Waals surface area contributed by atoms with Crippen molar-refractivity contribution in [1.82, 2.24) is 20.2 Å². The van der Waals surface area contributed by atoms with Gasteiger partial charge in [0.25, 0.3) is 5.69 Å². The molecule has 114 valence electrons. The molecule has 0 fully saturated rings. The highest BCUT2D eigenvalue weighted by Gasteiger charge is 2.10. The van der Waals surface area contributed by atoms with E-state index in [9.17, 15) is 10.1 Å². The lowest BCUT2D eigenvalue weighted by atomic mass is 10.3. The molecular weight excluding hydrogens is 296 g/mol. The molecule has 8 nitrogen and oxygen atoms in total. The second-order valence-electron chi connectivity index (χ2n) is 4.54. The minimum atomic E-state index is -0.440. The molecule has 0 saturated carbocycles. The van der Waals surface area contributed by atoms with Crippen molar-refractivity contribution in [3.63, 3.8) is 0 Å². The van der Waals surface area contributed by atoms with E-state index >= 15 is 0 Å². The van der Waals surface area contributed by atoms with Gasteiger partial charge >= 0.3 is 0 Å². The van der Waals surface area contributed by atoms with Gasteiger partial charge in [-0.2, -0.15) is 4.68 Å². The molecule has 0 spiro atoms. The first-order valence-electron chi connectivity index (χ1n) is 6.76. The molecule has 1 N–H and O–H groups in total. The van der Waals surface area contributed by atoms with Crippen molar-refractivity contribution in [1.29, 1.82) is 0 Å². The lowest BCUT2D eigenvalue weighted by Crippen LogP contribution is -2.00. The van der Waals surface area contributed by atoms with Crippen LogP contribution in [0.15, 0.2) is 60.8 Å². The number of nitro benzene ring substituents is 1. The van der Waals surface area contributed by atoms with Crippen molar-refractivity contribution in [3.05, 3.63) is 76.7 Å². The largest absolute Gasteiger partial charge is 0.356 e. The Morgan fingerprint density at radius 3 is 2.61 bits per heavy atom. The standard InChI is InChI=1S/C15H12N6O2/c22-21(23)14-9-5-4-8-13(14)16-11-10-15-17-18-19-20(15)12-6-2-1-3-7-12/h1-11,16H. The molecule has 3 rings (SSSR count). The number of nitro groups is 1. The maximum absolute atomic E-state index is 11.0. The summed E-state index contributed by atoms with van der Waals surface area (Å²) in [5.74, 6) is 0.502. The van der Waals surface area contributed by atoms with Gasteiger partial charge in [-0.25, -0.2) is 0 Å². The molecule has 3 aromatic rings. The van der Waals surface area contributed by atoms with Crippen LogP contribution in [-0.2, 0) is 0 Å². The zero-order chi connectivity index (χ0) is 16.1. The van der Waals surface area contributed by atoms with Crippen molar-refractivity contribution < 1.29 is 4.92 Å². The average molecular weight is 308 g/mol. The highest BCUT2D eigenvalue weighted by Crippen LogP contribution is 2.23. The van der Waals surface area contributed by atoms with Gasteiger partial charge in [-0.3, -0.25) is 10.1 Å². The van der Waals surface area contributed by atoms with Crippen LogP contribution >= 0.6 is 0 Å². The zero-order valence-electron chi connectivity index (χ0n) is 11.9. The number of benzene rings is 2. The molecule has 1 aromatic heterocycles. The number of rotatable bonds is 5. The fourth-order valence-electron chi connectivity index (χ4n) is 2.01. The smallest absolute Gasteiger partial charge is 0.292 e. The molecule has 8 heteroatoms. The fraction of sp³-hybridized carbons (Fsp3) is 0. The molecule has 0 unspecified atom stereocenters. The van der Waals surface area contributed by atoms with Gasteiger partial charge in [-0.05, 0) is 28.6 Å². The number of para-hydroxylation sites is 3. The molecule has 0 saturated heterocycles. The van der Waals surface area contributed by atoms with Crippen molar-refractivity contribution in [3.8, 4) is 5.69 Å². The van der Waals surface area contributed by atoms with E-state index < -0.39 is 4.92 Å². The number of tetrazole rings is 1. The Balaban J connectivity index is 1.81. The second kappa shape index (κ2) is 6.48. The molecule has 0 atom stereocenters. The number of hydrogen-bond donors (Lipinski definition) is 1. The summed E-state index contributed by atoms with van der Waals surface area (Å²) in [6.45, 7) is 0. The predicted octanol–water partition coefficient (Wildman–Crippen LogP) is 2.65. The Morgan fingerprint density at radius 2 is 1.83 bits per heavy atom. The number of hydrogen-bond acceptors (Lipinski definition) is 6. The topological polar surface area (TPSA) is 98.8 Å². The normalized spacial score (nSPS) is 10.8. The third-order valence-corrected chi connectivity index (χ3v) is 3.07. The maximum atomic E-state index is 11.0. The molecule has 2 aromatic carbocycles. The molecule has 1 heterocycles. The summed E-state index contributed by atoms with van der Waals surface area (Å²) in [5, 5.41) is 25.3. The Kier molecular flexibility index (Phi) is 4.05. The highest BCUT2D eigenvalue weighted by molar-refractivity contribution is 5.64. The van der Waals surface area contributed by atoms with Crippen molar-refractivity contribution in [2.75, 3.05) is 5.32 Å². The zero-order valence-corrected chi connectivity index (χ0v) is 11.9. The predicted molar refractivity (Wildman–Crippen MR) is 84.9 cm³/mol.